The van der Waals surface area contributed by atoms with Crippen molar-refractivity contribution in [3.8, 4) is 5.75 Å². The van der Waals surface area contributed by atoms with Crippen LogP contribution < -0.4 is 4.74 Å². The van der Waals surface area contributed by atoms with E-state index in [1.807, 2.05) is 6.92 Å². The molecule has 0 bridgehead atoms. The minimum Gasteiger partial charge on any atom is -0.492 e. The number of methoxy groups -OCH3 is 2. The first-order valence-electron chi connectivity index (χ1n) is 6.39. The van der Waals surface area contributed by atoms with E-state index in [0.29, 0.717) is 24.3 Å². The van der Waals surface area contributed by atoms with Crippen molar-refractivity contribution in [1.29, 1.82) is 0 Å². The summed E-state index contributed by atoms with van der Waals surface area (Å²) in [6.07, 6.45) is 4.05. The van der Waals surface area contributed by atoms with Gasteiger partial charge in [-0.2, -0.15) is 0 Å². The SMILES string of the molecule is CCCOc1cncc(C(C)(O)CC(OC)OC)c1. The summed E-state index contributed by atoms with van der Waals surface area (Å²) in [5, 5.41) is 10.5. The molecule has 19 heavy (non-hydrogen) atoms. The van der Waals surface area contributed by atoms with Crippen molar-refractivity contribution >= 4 is 0 Å². The molecule has 0 radical (unpaired) electrons. The lowest BCUT2D eigenvalue weighted by atomic mass is 9.93. The van der Waals surface area contributed by atoms with E-state index in [9.17, 15) is 5.11 Å². The van der Waals surface area contributed by atoms with E-state index in [1.165, 1.54) is 0 Å². The first-order chi connectivity index (χ1) is 9.03. The van der Waals surface area contributed by atoms with Crippen LogP contribution in [0.15, 0.2) is 18.5 Å². The molecule has 1 unspecified atom stereocenters. The predicted molar refractivity (Wildman–Crippen MR) is 72.0 cm³/mol. The Morgan fingerprint density at radius 1 is 1.32 bits per heavy atom. The van der Waals surface area contributed by atoms with Gasteiger partial charge in [-0.05, 0) is 19.4 Å². The Labute approximate surface area is 114 Å². The van der Waals surface area contributed by atoms with Crippen LogP contribution in [0.2, 0.25) is 0 Å². The number of ether oxygens (including phenoxy) is 3. The minimum absolute atomic E-state index is 0.318. The van der Waals surface area contributed by atoms with E-state index >= 15 is 0 Å². The zero-order valence-corrected chi connectivity index (χ0v) is 12.0. The Kier molecular flexibility index (Phi) is 6.21. The molecule has 0 spiro atoms. The second-order valence-electron chi connectivity index (χ2n) is 4.64. The molecule has 0 fully saturated rings. The van der Waals surface area contributed by atoms with Gasteiger partial charge in [0, 0.05) is 32.4 Å². The maximum Gasteiger partial charge on any atom is 0.159 e. The Morgan fingerprint density at radius 3 is 2.58 bits per heavy atom. The Morgan fingerprint density at radius 2 is 2.00 bits per heavy atom. The number of hydrogen-bond donors (Lipinski definition) is 1. The Balaban J connectivity index is 2.81. The van der Waals surface area contributed by atoms with Crippen molar-refractivity contribution < 1.29 is 19.3 Å². The van der Waals surface area contributed by atoms with Gasteiger partial charge in [0.1, 0.15) is 5.75 Å². The maximum atomic E-state index is 10.5. The van der Waals surface area contributed by atoms with Crippen LogP contribution in [-0.2, 0) is 15.1 Å². The molecular weight excluding hydrogens is 246 g/mol. The van der Waals surface area contributed by atoms with Crippen molar-refractivity contribution in [1.82, 2.24) is 4.98 Å². The van der Waals surface area contributed by atoms with Gasteiger partial charge in [-0.1, -0.05) is 6.92 Å². The van der Waals surface area contributed by atoms with E-state index in [1.54, 1.807) is 39.6 Å². The van der Waals surface area contributed by atoms with Crippen LogP contribution in [0.5, 0.6) is 5.75 Å². The van der Waals surface area contributed by atoms with Gasteiger partial charge in [-0.25, -0.2) is 0 Å². The fraction of sp³-hybridized carbons (Fsp3) is 0.643. The molecule has 108 valence electrons. The lowest BCUT2D eigenvalue weighted by Crippen LogP contribution is -2.29. The molecule has 0 amide bonds. The molecule has 5 heteroatoms. The monoisotopic (exact) mass is 269 g/mol. The number of rotatable bonds is 8. The van der Waals surface area contributed by atoms with Crippen LogP contribution in [0.25, 0.3) is 0 Å². The summed E-state index contributed by atoms with van der Waals surface area (Å²) in [6, 6.07) is 1.80. The summed E-state index contributed by atoms with van der Waals surface area (Å²) < 4.78 is 15.7. The minimum atomic E-state index is -1.09. The molecule has 0 aliphatic rings. The predicted octanol–water partition coefficient (Wildman–Crippen LogP) is 2.09. The van der Waals surface area contributed by atoms with Crippen LogP contribution in [0.3, 0.4) is 0 Å². The van der Waals surface area contributed by atoms with E-state index in [-0.39, 0.29) is 0 Å². The number of pyridine rings is 1. The van der Waals surface area contributed by atoms with Crippen molar-refractivity contribution in [3.05, 3.63) is 24.0 Å². The molecule has 0 aromatic carbocycles. The lowest BCUT2D eigenvalue weighted by Gasteiger charge is -2.27. The standard InChI is InChI=1S/C14H23NO4/c1-5-6-19-12-7-11(9-15-10-12)14(2,16)8-13(17-3)18-4/h7,9-10,13,16H,5-6,8H2,1-4H3. The molecule has 1 atom stereocenters. The highest BCUT2D eigenvalue weighted by Gasteiger charge is 2.28. The van der Waals surface area contributed by atoms with Gasteiger partial charge in [-0.3, -0.25) is 4.98 Å². The fourth-order valence-electron chi connectivity index (χ4n) is 1.72. The van der Waals surface area contributed by atoms with Gasteiger partial charge in [0.05, 0.1) is 18.4 Å². The molecule has 0 saturated heterocycles. The Hall–Kier alpha value is -1.17. The van der Waals surface area contributed by atoms with Crippen LogP contribution in [0.1, 0.15) is 32.3 Å². The number of nitrogens with zero attached hydrogens (tertiary/aromatic N) is 1. The Bertz CT molecular complexity index is 377. The third-order valence-electron chi connectivity index (χ3n) is 2.90. The highest BCUT2D eigenvalue weighted by Crippen LogP contribution is 2.28. The fourth-order valence-corrected chi connectivity index (χ4v) is 1.72. The van der Waals surface area contributed by atoms with Crippen LogP contribution >= 0.6 is 0 Å². The van der Waals surface area contributed by atoms with E-state index in [4.69, 9.17) is 14.2 Å². The van der Waals surface area contributed by atoms with Crippen molar-refractivity contribution in [2.45, 2.75) is 38.6 Å². The van der Waals surface area contributed by atoms with E-state index < -0.39 is 11.9 Å². The molecule has 0 aliphatic heterocycles. The molecular formula is C14H23NO4. The summed E-state index contributed by atoms with van der Waals surface area (Å²) in [6.45, 7) is 4.37. The molecule has 0 aliphatic carbocycles. The largest absolute Gasteiger partial charge is 0.492 e. The summed E-state index contributed by atoms with van der Waals surface area (Å²) in [4.78, 5) is 4.10. The maximum absolute atomic E-state index is 10.5. The van der Waals surface area contributed by atoms with Gasteiger partial charge in [0.25, 0.3) is 0 Å². The smallest absolute Gasteiger partial charge is 0.159 e. The molecule has 1 rings (SSSR count). The van der Waals surface area contributed by atoms with E-state index in [2.05, 4.69) is 4.98 Å². The molecule has 1 aromatic heterocycles. The van der Waals surface area contributed by atoms with Gasteiger partial charge < -0.3 is 19.3 Å². The van der Waals surface area contributed by atoms with Crippen molar-refractivity contribution in [2.24, 2.45) is 0 Å². The summed E-state index contributed by atoms with van der Waals surface area (Å²) in [5.74, 6) is 0.658. The van der Waals surface area contributed by atoms with Crippen LogP contribution in [0, 0.1) is 0 Å². The average molecular weight is 269 g/mol. The van der Waals surface area contributed by atoms with E-state index in [0.717, 1.165) is 6.42 Å². The zero-order valence-electron chi connectivity index (χ0n) is 12.0. The number of aliphatic hydroxyl groups is 1. The lowest BCUT2D eigenvalue weighted by molar-refractivity contribution is -0.142. The zero-order chi connectivity index (χ0) is 14.3. The highest BCUT2D eigenvalue weighted by molar-refractivity contribution is 5.27. The topological polar surface area (TPSA) is 60.8 Å². The molecule has 1 N–H and O–H groups in total. The summed E-state index contributed by atoms with van der Waals surface area (Å²) in [7, 11) is 3.09. The normalized spacial score (nSPS) is 14.4. The average Bonchev–Trinajstić information content (AvgIpc) is 2.43. The molecule has 1 aromatic rings. The summed E-state index contributed by atoms with van der Waals surface area (Å²) >= 11 is 0. The van der Waals surface area contributed by atoms with Gasteiger partial charge in [-0.15, -0.1) is 0 Å². The van der Waals surface area contributed by atoms with Crippen LogP contribution in [-0.4, -0.2) is 37.2 Å². The van der Waals surface area contributed by atoms with Gasteiger partial charge in [0.15, 0.2) is 6.29 Å². The first kappa shape index (κ1) is 15.9. The quantitative estimate of drug-likeness (QED) is 0.732. The van der Waals surface area contributed by atoms with Gasteiger partial charge in [0.2, 0.25) is 0 Å². The molecule has 5 nitrogen and oxygen atoms in total. The second kappa shape index (κ2) is 7.43. The number of aromatic nitrogens is 1. The third kappa shape index (κ3) is 4.78. The summed E-state index contributed by atoms with van der Waals surface area (Å²) in [5.41, 5.74) is -0.407. The third-order valence-corrected chi connectivity index (χ3v) is 2.90. The van der Waals surface area contributed by atoms with Crippen molar-refractivity contribution in [2.75, 3.05) is 20.8 Å². The highest BCUT2D eigenvalue weighted by atomic mass is 16.7. The van der Waals surface area contributed by atoms with Crippen LogP contribution in [0.4, 0.5) is 0 Å². The van der Waals surface area contributed by atoms with Gasteiger partial charge >= 0.3 is 0 Å². The second-order valence-corrected chi connectivity index (χ2v) is 4.64. The number of hydrogen-bond acceptors (Lipinski definition) is 5. The first-order valence-corrected chi connectivity index (χ1v) is 6.39. The molecule has 1 heterocycles. The van der Waals surface area contributed by atoms with Crippen molar-refractivity contribution in [3.63, 3.8) is 0 Å². The molecule has 0 saturated carbocycles.